The molecular formula is C22H20N4O6. The lowest BCUT2D eigenvalue weighted by Gasteiger charge is -2.41. The Balaban J connectivity index is 1.97. The molecule has 2 aromatic rings. The van der Waals surface area contributed by atoms with Crippen molar-refractivity contribution in [2.45, 2.75) is 39.0 Å². The standard InChI is InChI=1S/C22H20N4O6/c1-10-23-18(28)17-19(24-10)32-15-9-21(2,3)8-14(27)16(15)22(17)12-7-11(26(30)31)5-6-13(12)25(4)20(22)29/h5-7H,8-9H2,1-4H3,(H,23,24,28). The molecule has 10 heteroatoms. The van der Waals surface area contributed by atoms with Gasteiger partial charge < -0.3 is 14.6 Å². The van der Waals surface area contributed by atoms with Crippen molar-refractivity contribution < 1.29 is 19.2 Å². The number of carbonyl (C=O) groups excluding carboxylic acids is 2. The van der Waals surface area contributed by atoms with E-state index in [2.05, 4.69) is 9.97 Å². The van der Waals surface area contributed by atoms with Crippen LogP contribution in [-0.4, -0.2) is 33.6 Å². The summed E-state index contributed by atoms with van der Waals surface area (Å²) in [5.41, 5.74) is -2.62. The number of hydrogen-bond donors (Lipinski definition) is 1. The van der Waals surface area contributed by atoms with Crippen LogP contribution in [0.15, 0.2) is 34.3 Å². The number of likely N-dealkylation sites (N-methyl/N-ethyl adjacent to an activating group) is 1. The van der Waals surface area contributed by atoms with Gasteiger partial charge in [0.2, 0.25) is 11.8 Å². The van der Waals surface area contributed by atoms with Gasteiger partial charge in [0.05, 0.1) is 10.5 Å². The molecule has 0 fully saturated rings. The Bertz CT molecular complexity index is 1350. The van der Waals surface area contributed by atoms with Gasteiger partial charge in [-0.05, 0) is 18.4 Å². The van der Waals surface area contributed by atoms with E-state index in [0.717, 1.165) is 0 Å². The first-order chi connectivity index (χ1) is 15.0. The number of aryl methyl sites for hydroxylation is 1. The van der Waals surface area contributed by atoms with E-state index in [1.54, 1.807) is 6.92 Å². The smallest absolute Gasteiger partial charge is 0.269 e. The molecule has 5 rings (SSSR count). The molecule has 1 amide bonds. The van der Waals surface area contributed by atoms with Crippen LogP contribution in [-0.2, 0) is 15.0 Å². The minimum absolute atomic E-state index is 0.0587. The highest BCUT2D eigenvalue weighted by Gasteiger charge is 2.63. The van der Waals surface area contributed by atoms with Crippen molar-refractivity contribution in [1.82, 2.24) is 9.97 Å². The van der Waals surface area contributed by atoms with Crippen molar-refractivity contribution in [3.8, 4) is 5.88 Å². The van der Waals surface area contributed by atoms with E-state index >= 15 is 0 Å². The summed E-state index contributed by atoms with van der Waals surface area (Å²) < 4.78 is 5.99. The molecule has 164 valence electrons. The van der Waals surface area contributed by atoms with Crippen molar-refractivity contribution in [2.24, 2.45) is 5.41 Å². The summed E-state index contributed by atoms with van der Waals surface area (Å²) in [6.45, 7) is 5.41. The summed E-state index contributed by atoms with van der Waals surface area (Å²) in [5, 5.41) is 11.5. The maximum atomic E-state index is 13.9. The molecule has 3 aliphatic rings. The van der Waals surface area contributed by atoms with Crippen molar-refractivity contribution in [3.63, 3.8) is 0 Å². The van der Waals surface area contributed by atoms with Crippen molar-refractivity contribution >= 4 is 23.1 Å². The summed E-state index contributed by atoms with van der Waals surface area (Å²) in [6, 6.07) is 4.02. The highest BCUT2D eigenvalue weighted by Crippen LogP contribution is 2.57. The summed E-state index contributed by atoms with van der Waals surface area (Å²) >= 11 is 0. The molecule has 32 heavy (non-hydrogen) atoms. The number of benzene rings is 1. The van der Waals surface area contributed by atoms with E-state index < -0.39 is 27.2 Å². The molecule has 10 nitrogen and oxygen atoms in total. The summed E-state index contributed by atoms with van der Waals surface area (Å²) in [6.07, 6.45) is 0.495. The summed E-state index contributed by atoms with van der Waals surface area (Å²) in [5.74, 6) is -0.376. The lowest BCUT2D eigenvalue weighted by Crippen LogP contribution is -2.51. The minimum atomic E-state index is -1.86. The number of H-pyrrole nitrogens is 1. The number of nitrogens with one attached hydrogen (secondary N) is 1. The molecule has 1 unspecified atom stereocenters. The molecular weight excluding hydrogens is 416 g/mol. The van der Waals surface area contributed by atoms with Gasteiger partial charge in [0.15, 0.2) is 5.78 Å². The van der Waals surface area contributed by atoms with Crippen LogP contribution in [0.2, 0.25) is 0 Å². The average Bonchev–Trinajstić information content (AvgIpc) is 2.88. The molecule has 0 radical (unpaired) electrons. The van der Waals surface area contributed by atoms with Crippen LogP contribution in [0.1, 0.15) is 43.6 Å². The van der Waals surface area contributed by atoms with Gasteiger partial charge in [0.25, 0.3) is 11.2 Å². The van der Waals surface area contributed by atoms with Crippen molar-refractivity contribution in [3.05, 3.63) is 67.0 Å². The SMILES string of the molecule is Cc1nc2c(c(=O)[nH]1)C1(C(=O)N(C)c3ccc([N+](=O)[O-])cc31)C1=C(CC(C)(C)CC1=O)O2. The Morgan fingerprint density at radius 3 is 2.62 bits per heavy atom. The third kappa shape index (κ3) is 2.40. The monoisotopic (exact) mass is 436 g/mol. The maximum absolute atomic E-state index is 13.9. The Kier molecular flexibility index (Phi) is 3.84. The molecule has 0 saturated carbocycles. The second-order valence-electron chi connectivity index (χ2n) is 9.25. The number of nitrogens with zero attached hydrogens (tertiary/aromatic N) is 3. The Morgan fingerprint density at radius 2 is 1.94 bits per heavy atom. The van der Waals surface area contributed by atoms with Crippen molar-refractivity contribution in [2.75, 3.05) is 11.9 Å². The third-order valence-electron chi connectivity index (χ3n) is 6.39. The van der Waals surface area contributed by atoms with Gasteiger partial charge >= 0.3 is 0 Å². The number of hydrogen-bond acceptors (Lipinski definition) is 7. The van der Waals surface area contributed by atoms with Crippen LogP contribution in [0.3, 0.4) is 0 Å². The molecule has 1 aliphatic carbocycles. The predicted octanol–water partition coefficient (Wildman–Crippen LogP) is 2.28. The maximum Gasteiger partial charge on any atom is 0.269 e. The van der Waals surface area contributed by atoms with Crippen molar-refractivity contribution in [1.29, 1.82) is 0 Å². The third-order valence-corrected chi connectivity index (χ3v) is 6.39. The number of aromatic nitrogens is 2. The number of fused-ring (bicyclic) bond motifs is 5. The van der Waals surface area contributed by atoms with E-state index in [0.29, 0.717) is 12.1 Å². The van der Waals surface area contributed by atoms with Gasteiger partial charge in [-0.2, -0.15) is 4.98 Å². The van der Waals surface area contributed by atoms with Gasteiger partial charge in [-0.3, -0.25) is 24.5 Å². The number of rotatable bonds is 1. The molecule has 1 aromatic carbocycles. The highest BCUT2D eigenvalue weighted by atomic mass is 16.6. The van der Waals surface area contributed by atoms with E-state index in [4.69, 9.17) is 4.74 Å². The molecule has 1 spiro atoms. The number of nitro groups is 1. The number of nitro benzene ring substituents is 1. The number of amides is 1. The topological polar surface area (TPSA) is 136 Å². The van der Waals surface area contributed by atoms with Crippen LogP contribution in [0, 0.1) is 22.5 Å². The lowest BCUT2D eigenvalue weighted by molar-refractivity contribution is -0.384. The number of ether oxygens (including phenoxy) is 1. The first kappa shape index (κ1) is 20.1. The van der Waals surface area contributed by atoms with Gasteiger partial charge in [-0.25, -0.2) is 0 Å². The Hall–Kier alpha value is -3.82. The Labute approximate surface area is 182 Å². The fourth-order valence-corrected chi connectivity index (χ4v) is 5.17. The molecule has 3 heterocycles. The Morgan fingerprint density at radius 1 is 1.22 bits per heavy atom. The zero-order chi connectivity index (χ0) is 23.2. The quantitative estimate of drug-likeness (QED) is 0.535. The number of carbonyl (C=O) groups is 2. The van der Waals surface area contributed by atoms with E-state index in [-0.39, 0.29) is 52.1 Å². The van der Waals surface area contributed by atoms with Gasteiger partial charge in [0.1, 0.15) is 22.6 Å². The first-order valence-corrected chi connectivity index (χ1v) is 10.1. The highest BCUT2D eigenvalue weighted by molar-refractivity contribution is 6.19. The van der Waals surface area contributed by atoms with E-state index in [1.165, 1.54) is 30.1 Å². The number of allylic oxidation sites excluding steroid dienone is 1. The van der Waals surface area contributed by atoms with Crippen LogP contribution < -0.4 is 15.2 Å². The molecule has 2 aliphatic heterocycles. The van der Waals surface area contributed by atoms with Crippen LogP contribution in [0.25, 0.3) is 0 Å². The lowest BCUT2D eigenvalue weighted by atomic mass is 9.62. The van der Waals surface area contributed by atoms with Gasteiger partial charge in [-0.1, -0.05) is 13.8 Å². The minimum Gasteiger partial charge on any atom is -0.442 e. The van der Waals surface area contributed by atoms with Crippen LogP contribution >= 0.6 is 0 Å². The second kappa shape index (κ2) is 6.12. The van der Waals surface area contributed by atoms with Crippen LogP contribution in [0.4, 0.5) is 11.4 Å². The fraction of sp³-hybridized carbons (Fsp3) is 0.364. The zero-order valence-electron chi connectivity index (χ0n) is 17.9. The zero-order valence-corrected chi connectivity index (χ0v) is 17.9. The second-order valence-corrected chi connectivity index (χ2v) is 9.25. The fourth-order valence-electron chi connectivity index (χ4n) is 5.17. The number of non-ortho nitro benzene ring substituents is 1. The molecule has 1 aromatic heterocycles. The largest absolute Gasteiger partial charge is 0.442 e. The van der Waals surface area contributed by atoms with Gasteiger partial charge in [0, 0.05) is 43.3 Å². The first-order valence-electron chi connectivity index (χ1n) is 10.1. The number of Topliss-reactive ketones (excluding diaryl/α,β-unsaturated/α-hetero) is 1. The normalized spacial score (nSPS) is 23.1. The molecule has 0 saturated heterocycles. The van der Waals surface area contributed by atoms with Gasteiger partial charge in [-0.15, -0.1) is 0 Å². The number of aromatic amines is 1. The number of anilines is 1. The summed E-state index contributed by atoms with van der Waals surface area (Å²) in [7, 11) is 1.52. The molecule has 1 atom stereocenters. The van der Waals surface area contributed by atoms with Crippen LogP contribution in [0.5, 0.6) is 5.88 Å². The van der Waals surface area contributed by atoms with E-state index in [1.807, 2.05) is 13.8 Å². The molecule has 1 N–H and O–H groups in total. The summed E-state index contributed by atoms with van der Waals surface area (Å²) in [4.78, 5) is 59.8. The van der Waals surface area contributed by atoms with E-state index in [9.17, 15) is 24.5 Å². The average molecular weight is 436 g/mol. The number of ketones is 1. The predicted molar refractivity (Wildman–Crippen MR) is 113 cm³/mol. The molecule has 0 bridgehead atoms.